The molecule has 0 bridgehead atoms. The molecule has 0 aliphatic heterocycles. The topological polar surface area (TPSA) is 107 Å². The molecule has 0 aliphatic rings. The molecule has 0 spiro atoms. The Hall–Kier alpha value is -2.97. The van der Waals surface area contributed by atoms with E-state index in [4.69, 9.17) is 9.26 Å². The molecule has 0 atom stereocenters. The highest BCUT2D eigenvalue weighted by Crippen LogP contribution is 2.13. The quantitative estimate of drug-likeness (QED) is 0.734. The maximum atomic E-state index is 12.1. The van der Waals surface area contributed by atoms with E-state index >= 15 is 0 Å². The predicted molar refractivity (Wildman–Crippen MR) is 78.9 cm³/mol. The standard InChI is InChI=1S/C14H16N6O3/c1-8-10(9(2)23-19-8)6-13(21)15-7-12-17-16-11-4-5-14(22-3)18-20(11)12/h4-5H,6-7H2,1-3H3,(H,15,21). The van der Waals surface area contributed by atoms with Gasteiger partial charge in [-0.2, -0.15) is 4.52 Å². The molecular weight excluding hydrogens is 300 g/mol. The fraction of sp³-hybridized carbons (Fsp3) is 0.357. The van der Waals surface area contributed by atoms with E-state index in [9.17, 15) is 4.79 Å². The van der Waals surface area contributed by atoms with E-state index < -0.39 is 0 Å². The average Bonchev–Trinajstić information content (AvgIpc) is 3.10. The first kappa shape index (κ1) is 14.9. The third kappa shape index (κ3) is 2.98. The van der Waals surface area contributed by atoms with Gasteiger partial charge in [0.05, 0.1) is 25.8 Å². The maximum absolute atomic E-state index is 12.1. The van der Waals surface area contributed by atoms with E-state index in [1.54, 1.807) is 26.0 Å². The second-order valence-electron chi connectivity index (χ2n) is 5.02. The van der Waals surface area contributed by atoms with Crippen LogP contribution in [-0.4, -0.2) is 38.0 Å². The Kier molecular flexibility index (Phi) is 3.92. The number of fused-ring (bicyclic) bond motifs is 1. The van der Waals surface area contributed by atoms with Gasteiger partial charge in [0.2, 0.25) is 11.8 Å². The highest BCUT2D eigenvalue weighted by atomic mass is 16.5. The Labute approximate surface area is 131 Å². The lowest BCUT2D eigenvalue weighted by Crippen LogP contribution is -2.26. The molecular formula is C14H16N6O3. The Morgan fingerprint density at radius 1 is 1.35 bits per heavy atom. The number of ether oxygens (including phenoxy) is 1. The number of rotatable bonds is 5. The van der Waals surface area contributed by atoms with Crippen molar-refractivity contribution >= 4 is 11.6 Å². The molecule has 1 amide bonds. The van der Waals surface area contributed by atoms with Crippen LogP contribution in [0.3, 0.4) is 0 Å². The van der Waals surface area contributed by atoms with Gasteiger partial charge in [-0.25, -0.2) is 0 Å². The summed E-state index contributed by atoms with van der Waals surface area (Å²) >= 11 is 0. The van der Waals surface area contributed by atoms with E-state index in [1.165, 1.54) is 11.6 Å². The van der Waals surface area contributed by atoms with E-state index in [1.807, 2.05) is 0 Å². The number of aryl methyl sites for hydroxylation is 2. The van der Waals surface area contributed by atoms with E-state index in [2.05, 4.69) is 25.8 Å². The van der Waals surface area contributed by atoms with Gasteiger partial charge in [0.25, 0.3) is 0 Å². The van der Waals surface area contributed by atoms with E-state index in [-0.39, 0.29) is 18.9 Å². The zero-order valence-corrected chi connectivity index (χ0v) is 13.0. The lowest BCUT2D eigenvalue weighted by molar-refractivity contribution is -0.120. The van der Waals surface area contributed by atoms with Crippen LogP contribution in [-0.2, 0) is 17.8 Å². The number of carbonyl (C=O) groups is 1. The summed E-state index contributed by atoms with van der Waals surface area (Å²) in [6.07, 6.45) is 0.203. The van der Waals surface area contributed by atoms with Gasteiger partial charge >= 0.3 is 0 Å². The number of hydrogen-bond acceptors (Lipinski definition) is 7. The van der Waals surface area contributed by atoms with Gasteiger partial charge in [-0.15, -0.1) is 15.3 Å². The molecule has 0 saturated heterocycles. The minimum atomic E-state index is -0.154. The summed E-state index contributed by atoms with van der Waals surface area (Å²) in [5.74, 6) is 1.46. The third-order valence-corrected chi connectivity index (χ3v) is 3.47. The Balaban J connectivity index is 1.69. The Morgan fingerprint density at radius 3 is 2.87 bits per heavy atom. The van der Waals surface area contributed by atoms with Crippen molar-refractivity contribution in [2.75, 3.05) is 7.11 Å². The fourth-order valence-electron chi connectivity index (χ4n) is 2.19. The molecule has 0 saturated carbocycles. The number of nitrogens with zero attached hydrogens (tertiary/aromatic N) is 5. The fourth-order valence-corrected chi connectivity index (χ4v) is 2.19. The third-order valence-electron chi connectivity index (χ3n) is 3.47. The van der Waals surface area contributed by atoms with Gasteiger partial charge < -0.3 is 14.6 Å². The van der Waals surface area contributed by atoms with Crippen LogP contribution in [0.5, 0.6) is 5.88 Å². The first-order valence-corrected chi connectivity index (χ1v) is 7.02. The second kappa shape index (κ2) is 6.03. The van der Waals surface area contributed by atoms with Crippen molar-refractivity contribution in [3.8, 4) is 5.88 Å². The van der Waals surface area contributed by atoms with Crippen molar-refractivity contribution in [1.82, 2.24) is 30.3 Å². The second-order valence-corrected chi connectivity index (χ2v) is 5.02. The summed E-state index contributed by atoms with van der Waals surface area (Å²) in [5, 5.41) is 18.9. The van der Waals surface area contributed by atoms with Gasteiger partial charge in [0, 0.05) is 11.6 Å². The van der Waals surface area contributed by atoms with Crippen LogP contribution < -0.4 is 10.1 Å². The molecule has 3 aromatic heterocycles. The molecule has 0 unspecified atom stereocenters. The molecule has 0 radical (unpaired) electrons. The van der Waals surface area contributed by atoms with Gasteiger partial charge in [0.15, 0.2) is 11.5 Å². The zero-order valence-electron chi connectivity index (χ0n) is 13.0. The number of methoxy groups -OCH3 is 1. The minimum Gasteiger partial charge on any atom is -0.480 e. The summed E-state index contributed by atoms with van der Waals surface area (Å²) in [5.41, 5.74) is 2.10. The van der Waals surface area contributed by atoms with Gasteiger partial charge in [0.1, 0.15) is 5.76 Å². The van der Waals surface area contributed by atoms with E-state index in [0.29, 0.717) is 23.1 Å². The Morgan fingerprint density at radius 2 is 2.17 bits per heavy atom. The Bertz CT molecular complexity index is 834. The summed E-state index contributed by atoms with van der Waals surface area (Å²) in [4.78, 5) is 12.1. The SMILES string of the molecule is COc1ccc2nnc(CNC(=O)Cc3c(C)noc3C)n2n1. The lowest BCUT2D eigenvalue weighted by Gasteiger charge is -2.04. The molecule has 1 N–H and O–H groups in total. The van der Waals surface area contributed by atoms with Crippen LogP contribution in [0.1, 0.15) is 22.8 Å². The van der Waals surface area contributed by atoms with Gasteiger partial charge in [-0.05, 0) is 19.9 Å². The summed E-state index contributed by atoms with van der Waals surface area (Å²) in [6, 6.07) is 3.44. The van der Waals surface area contributed by atoms with Crippen molar-refractivity contribution in [1.29, 1.82) is 0 Å². The lowest BCUT2D eigenvalue weighted by atomic mass is 10.1. The van der Waals surface area contributed by atoms with Gasteiger partial charge in [-0.1, -0.05) is 5.16 Å². The molecule has 23 heavy (non-hydrogen) atoms. The number of aromatic nitrogens is 5. The first-order chi connectivity index (χ1) is 11.1. The largest absolute Gasteiger partial charge is 0.480 e. The highest BCUT2D eigenvalue weighted by Gasteiger charge is 2.14. The highest BCUT2D eigenvalue weighted by molar-refractivity contribution is 5.78. The van der Waals surface area contributed by atoms with Crippen LogP contribution in [0, 0.1) is 13.8 Å². The number of nitrogens with one attached hydrogen (secondary N) is 1. The molecule has 3 rings (SSSR count). The van der Waals surface area contributed by atoms with Crippen molar-refractivity contribution < 1.29 is 14.1 Å². The smallest absolute Gasteiger partial charge is 0.231 e. The minimum absolute atomic E-state index is 0.154. The molecule has 3 heterocycles. The summed E-state index contributed by atoms with van der Waals surface area (Å²) in [6.45, 7) is 3.80. The molecule has 120 valence electrons. The zero-order chi connectivity index (χ0) is 16.4. The molecule has 0 fully saturated rings. The average molecular weight is 316 g/mol. The monoisotopic (exact) mass is 316 g/mol. The normalized spacial score (nSPS) is 10.9. The van der Waals surface area contributed by atoms with E-state index in [0.717, 1.165) is 11.3 Å². The molecule has 0 aromatic carbocycles. The molecule has 9 nitrogen and oxygen atoms in total. The van der Waals surface area contributed by atoms with Crippen LogP contribution in [0.2, 0.25) is 0 Å². The number of carbonyl (C=O) groups excluding carboxylic acids is 1. The summed E-state index contributed by atoms with van der Waals surface area (Å²) in [7, 11) is 1.53. The van der Waals surface area contributed by atoms with Crippen LogP contribution in [0.4, 0.5) is 0 Å². The van der Waals surface area contributed by atoms with Gasteiger partial charge in [-0.3, -0.25) is 4.79 Å². The van der Waals surface area contributed by atoms with Crippen LogP contribution >= 0.6 is 0 Å². The van der Waals surface area contributed by atoms with Crippen molar-refractivity contribution in [3.05, 3.63) is 35.0 Å². The number of hydrogen-bond donors (Lipinski definition) is 1. The molecule has 0 aliphatic carbocycles. The van der Waals surface area contributed by atoms with Crippen LogP contribution in [0.25, 0.3) is 5.65 Å². The predicted octanol–water partition coefficient (Wildman–Crippen LogP) is 0.597. The molecule has 3 aromatic rings. The van der Waals surface area contributed by atoms with Crippen LogP contribution in [0.15, 0.2) is 16.7 Å². The van der Waals surface area contributed by atoms with Crippen molar-refractivity contribution in [2.24, 2.45) is 0 Å². The van der Waals surface area contributed by atoms with Crippen molar-refractivity contribution in [3.63, 3.8) is 0 Å². The maximum Gasteiger partial charge on any atom is 0.231 e. The number of amides is 1. The first-order valence-electron chi connectivity index (χ1n) is 7.02. The molecule has 9 heteroatoms. The summed E-state index contributed by atoms with van der Waals surface area (Å²) < 4.78 is 11.7. The van der Waals surface area contributed by atoms with Crippen molar-refractivity contribution in [2.45, 2.75) is 26.8 Å².